The molecule has 0 amide bonds. The molecule has 2 atom stereocenters. The molecule has 12 heteroatoms. The van der Waals surface area contributed by atoms with Crippen molar-refractivity contribution in [2.45, 2.75) is 26.1 Å². The first kappa shape index (κ1) is 41.3. The van der Waals surface area contributed by atoms with Crippen LogP contribution in [0.2, 0.25) is 0 Å². The van der Waals surface area contributed by atoms with Crippen LogP contribution in [0.5, 0.6) is 23.0 Å². The molecule has 4 aromatic carbocycles. The van der Waals surface area contributed by atoms with Crippen LogP contribution in [-0.2, 0) is 32.7 Å². The molecule has 2 unspecified atom stereocenters. The maximum atomic E-state index is 13.0. The number of benzene rings is 4. The molecule has 0 aliphatic carbocycles. The number of aliphatic hydroxyl groups excluding tert-OH is 1. The maximum absolute atomic E-state index is 13.0. The Bertz CT molecular complexity index is 2050. The molecule has 0 saturated heterocycles. The zero-order chi connectivity index (χ0) is 36.6. The Labute approximate surface area is 326 Å². The molecule has 269 valence electrons. The van der Waals surface area contributed by atoms with Gasteiger partial charge < -0.3 is 24.4 Å². The first-order chi connectivity index (χ1) is 24.6. The second-order valence-corrected chi connectivity index (χ2v) is 11.1. The van der Waals surface area contributed by atoms with Crippen molar-refractivity contribution in [2.75, 3.05) is 13.2 Å². The largest absolute Gasteiger partial charge is 0.508 e. The standard InChI is InChI=1S/C20H18FNO3.C11H8FNO2.C9H12O2.Y.H2/c1-15(25-18-5-3-2-4-6-18)14-24-19-11-12-22(20(23)13-19)17-9-7-16(21)8-10-17;12-8-1-3-9(4-2-8)13-6-5-10(14)7-11(13)15;1-8(7-10)11-9-5-3-2-4-6-9;;/h2-13,15H,14H2,1H3;1-7,14H;2-6,8,10H,7H2,1H3;;1H/i;;;;1+1. The Hall–Kier alpha value is -5.10. The Morgan fingerprint density at radius 1 is 0.615 bits per heavy atom. The van der Waals surface area contributed by atoms with Crippen molar-refractivity contribution in [3.8, 4) is 34.4 Å². The first-order valence-electron chi connectivity index (χ1n) is 15.9. The smallest absolute Gasteiger partial charge is 0.258 e. The Morgan fingerprint density at radius 2 is 1.06 bits per heavy atom. The summed E-state index contributed by atoms with van der Waals surface area (Å²) in [6, 6.07) is 35.8. The van der Waals surface area contributed by atoms with Crippen LogP contribution in [0.1, 0.15) is 15.3 Å². The van der Waals surface area contributed by atoms with Gasteiger partial charge in [0, 0.05) is 70.0 Å². The van der Waals surface area contributed by atoms with E-state index in [1.807, 2.05) is 74.5 Å². The van der Waals surface area contributed by atoms with Crippen molar-refractivity contribution in [2.24, 2.45) is 0 Å². The minimum absolute atomic E-state index is 0. The third-order valence-corrected chi connectivity index (χ3v) is 6.91. The fraction of sp³-hybridized carbons (Fsp3) is 0.150. The van der Waals surface area contributed by atoms with E-state index in [-0.39, 0.29) is 81.5 Å². The van der Waals surface area contributed by atoms with E-state index in [1.54, 1.807) is 24.4 Å². The minimum Gasteiger partial charge on any atom is -0.508 e. The molecule has 6 aromatic rings. The molecule has 0 spiro atoms. The fourth-order valence-corrected chi connectivity index (χ4v) is 4.40. The van der Waals surface area contributed by atoms with Crippen LogP contribution in [0.4, 0.5) is 8.78 Å². The molecule has 2 N–H and O–H groups in total. The van der Waals surface area contributed by atoms with Gasteiger partial charge >= 0.3 is 0 Å². The van der Waals surface area contributed by atoms with Gasteiger partial charge in [0.25, 0.3) is 11.1 Å². The van der Waals surface area contributed by atoms with Crippen LogP contribution in [0.15, 0.2) is 155 Å². The van der Waals surface area contributed by atoms with Gasteiger partial charge in [-0.25, -0.2) is 8.78 Å². The van der Waals surface area contributed by atoms with Crippen LogP contribution < -0.4 is 25.3 Å². The number of rotatable bonds is 10. The molecule has 52 heavy (non-hydrogen) atoms. The number of hydrogen-bond donors (Lipinski definition) is 2. The van der Waals surface area contributed by atoms with Gasteiger partial charge in [0.1, 0.15) is 53.4 Å². The van der Waals surface area contributed by atoms with E-state index in [9.17, 15) is 18.4 Å². The van der Waals surface area contributed by atoms with E-state index < -0.39 is 0 Å². The Morgan fingerprint density at radius 3 is 1.50 bits per heavy atom. The van der Waals surface area contributed by atoms with Crippen molar-refractivity contribution in [1.29, 1.82) is 0 Å². The summed E-state index contributed by atoms with van der Waals surface area (Å²) in [6.45, 7) is 4.09. The Kier molecular flexibility index (Phi) is 16.9. The minimum atomic E-state index is -0.360. The van der Waals surface area contributed by atoms with Crippen molar-refractivity contribution in [1.82, 2.24) is 9.13 Å². The predicted octanol–water partition coefficient (Wildman–Crippen LogP) is 7.19. The average molecular weight is 789 g/mol. The molecule has 0 bridgehead atoms. The van der Waals surface area contributed by atoms with Crippen molar-refractivity contribution < 1.29 is 67.3 Å². The van der Waals surface area contributed by atoms with Crippen molar-refractivity contribution in [3.63, 3.8) is 0 Å². The van der Waals surface area contributed by atoms with Crippen LogP contribution in [-0.4, -0.2) is 44.8 Å². The van der Waals surface area contributed by atoms with Crippen LogP contribution in [0.25, 0.3) is 11.4 Å². The Balaban J connectivity index is 0.000000297. The molecule has 0 saturated carbocycles. The molecule has 9 nitrogen and oxygen atoms in total. The van der Waals surface area contributed by atoms with Crippen LogP contribution >= 0.6 is 0 Å². The van der Waals surface area contributed by atoms with Gasteiger partial charge in [-0.05, 0) is 98.8 Å². The summed E-state index contributed by atoms with van der Waals surface area (Å²) < 4.78 is 45.0. The monoisotopic (exact) mass is 788 g/mol. The number of halogens is 2. The number of ether oxygens (including phenoxy) is 3. The van der Waals surface area contributed by atoms with Gasteiger partial charge in [-0.2, -0.15) is 0 Å². The maximum Gasteiger partial charge on any atom is 0.258 e. The van der Waals surface area contributed by atoms with Crippen LogP contribution in [0, 0.1) is 11.6 Å². The second kappa shape index (κ2) is 21.3. The predicted molar refractivity (Wildman–Crippen MR) is 193 cm³/mol. The number of hydrogen-bond acceptors (Lipinski definition) is 7. The summed E-state index contributed by atoms with van der Waals surface area (Å²) in [4.78, 5) is 23.7. The third-order valence-electron chi connectivity index (χ3n) is 6.91. The van der Waals surface area contributed by atoms with Gasteiger partial charge in [0.15, 0.2) is 0 Å². The summed E-state index contributed by atoms with van der Waals surface area (Å²) >= 11 is 0. The molecule has 2 heterocycles. The molecule has 0 aliphatic heterocycles. The number of pyridine rings is 2. The molecule has 0 fully saturated rings. The van der Waals surface area contributed by atoms with Gasteiger partial charge in [0.05, 0.1) is 6.61 Å². The number of aliphatic hydroxyl groups is 1. The second-order valence-electron chi connectivity index (χ2n) is 11.1. The molecule has 1 radical (unpaired) electrons. The SMILES string of the molecule is CC(CO)Oc1ccccc1.CC(COc1ccn(-c2ccc(F)cc2)c(=O)c1)Oc1ccccc1.O=c1cc(O)ccn1-c1ccc(F)cc1.[2HH].[Y]. The normalized spacial score (nSPS) is 11.2. The van der Waals surface area contributed by atoms with Gasteiger partial charge in [-0.3, -0.25) is 18.7 Å². The topological polar surface area (TPSA) is 112 Å². The number of aromatic hydroxyl groups is 1. The molecule has 6 rings (SSSR count). The van der Waals surface area contributed by atoms with Gasteiger partial charge in [-0.1, -0.05) is 36.4 Å². The van der Waals surface area contributed by atoms with Crippen molar-refractivity contribution >= 4 is 0 Å². The summed E-state index contributed by atoms with van der Waals surface area (Å²) in [6.07, 6.45) is 2.75. The summed E-state index contributed by atoms with van der Waals surface area (Å²) in [5.41, 5.74) is 0.544. The van der Waals surface area contributed by atoms with E-state index in [2.05, 4.69) is 0 Å². The molecular weight excluding hydrogens is 747 g/mol. The van der Waals surface area contributed by atoms with Crippen LogP contribution in [0.3, 0.4) is 0 Å². The first-order valence-corrected chi connectivity index (χ1v) is 15.9. The number of aromatic nitrogens is 2. The summed E-state index contributed by atoms with van der Waals surface area (Å²) in [5.74, 6) is 1.25. The fourth-order valence-electron chi connectivity index (χ4n) is 4.40. The average Bonchev–Trinajstić information content (AvgIpc) is 3.13. The number of nitrogens with zero attached hydrogens (tertiary/aromatic N) is 2. The van der Waals surface area contributed by atoms with E-state index in [0.29, 0.717) is 23.7 Å². The summed E-state index contributed by atoms with van der Waals surface area (Å²) in [7, 11) is 0. The van der Waals surface area contributed by atoms with E-state index >= 15 is 0 Å². The molecule has 2 aromatic heterocycles. The summed E-state index contributed by atoms with van der Waals surface area (Å²) in [5, 5.41) is 17.7. The number of para-hydroxylation sites is 2. The van der Waals surface area contributed by atoms with E-state index in [1.165, 1.54) is 63.9 Å². The zero-order valence-corrected chi connectivity index (χ0v) is 31.4. The van der Waals surface area contributed by atoms with Gasteiger partial charge in [-0.15, -0.1) is 0 Å². The van der Waals surface area contributed by atoms with Crippen molar-refractivity contribution in [3.05, 3.63) is 178 Å². The van der Waals surface area contributed by atoms with E-state index in [0.717, 1.165) is 17.6 Å². The zero-order valence-electron chi connectivity index (χ0n) is 28.6. The quantitative estimate of drug-likeness (QED) is 0.151. The molecule has 0 aliphatic rings. The molecular formula is C40H40F2N2O7Y. The third kappa shape index (κ3) is 13.6. The van der Waals surface area contributed by atoms with Gasteiger partial charge in [0.2, 0.25) is 0 Å². The van der Waals surface area contributed by atoms with E-state index in [4.69, 9.17) is 24.4 Å².